The van der Waals surface area contributed by atoms with Crippen LogP contribution >= 0.6 is 0 Å². The van der Waals surface area contributed by atoms with Gasteiger partial charge in [-0.3, -0.25) is 4.79 Å². The summed E-state index contributed by atoms with van der Waals surface area (Å²) in [5.41, 5.74) is 9.25. The summed E-state index contributed by atoms with van der Waals surface area (Å²) < 4.78 is 10.7. The monoisotopic (exact) mass is 314 g/mol. The quantitative estimate of drug-likeness (QED) is 0.802. The molecular weight excluding hydrogens is 292 g/mol. The third kappa shape index (κ3) is 4.64. The first-order valence-electron chi connectivity index (χ1n) is 7.43. The van der Waals surface area contributed by atoms with Crippen molar-refractivity contribution in [1.82, 2.24) is 0 Å². The van der Waals surface area contributed by atoms with E-state index in [-0.39, 0.29) is 12.3 Å². The number of aryl methyl sites for hydroxylation is 2. The largest absolute Gasteiger partial charge is 0.497 e. The number of anilines is 2. The van der Waals surface area contributed by atoms with E-state index in [0.29, 0.717) is 23.7 Å². The first-order valence-corrected chi connectivity index (χ1v) is 7.43. The summed E-state index contributed by atoms with van der Waals surface area (Å²) in [7, 11) is 1.56. The zero-order chi connectivity index (χ0) is 16.8. The number of methoxy groups -OCH3 is 1. The smallest absolute Gasteiger partial charge is 0.227 e. The van der Waals surface area contributed by atoms with Crippen molar-refractivity contribution in [1.29, 1.82) is 0 Å². The summed E-state index contributed by atoms with van der Waals surface area (Å²) in [6.45, 7) is 4.38. The van der Waals surface area contributed by atoms with Crippen LogP contribution in [0.4, 0.5) is 11.4 Å². The van der Waals surface area contributed by atoms with E-state index < -0.39 is 0 Å². The molecule has 0 fully saturated rings. The minimum absolute atomic E-state index is 0.159. The number of benzene rings is 2. The number of nitrogen functional groups attached to an aromatic ring is 1. The molecule has 2 aromatic carbocycles. The number of nitrogens with two attached hydrogens (primary N) is 1. The molecule has 0 spiro atoms. The second-order valence-electron chi connectivity index (χ2n) is 5.35. The Balaban J connectivity index is 1.86. The van der Waals surface area contributed by atoms with Crippen molar-refractivity contribution in [2.75, 3.05) is 24.8 Å². The maximum atomic E-state index is 12.0. The number of hydrogen-bond acceptors (Lipinski definition) is 4. The fourth-order valence-electron chi connectivity index (χ4n) is 2.05. The molecule has 23 heavy (non-hydrogen) atoms. The number of amides is 1. The molecular formula is C18H22N2O3. The highest BCUT2D eigenvalue weighted by Gasteiger charge is 2.07. The highest BCUT2D eigenvalue weighted by atomic mass is 16.5. The van der Waals surface area contributed by atoms with E-state index in [1.807, 2.05) is 32.0 Å². The average molecular weight is 314 g/mol. The van der Waals surface area contributed by atoms with Crippen LogP contribution in [-0.4, -0.2) is 19.6 Å². The van der Waals surface area contributed by atoms with Crippen LogP contribution in [0.3, 0.4) is 0 Å². The maximum Gasteiger partial charge on any atom is 0.227 e. The van der Waals surface area contributed by atoms with E-state index in [0.717, 1.165) is 11.3 Å². The van der Waals surface area contributed by atoms with Crippen molar-refractivity contribution in [3.63, 3.8) is 0 Å². The molecule has 2 aromatic rings. The van der Waals surface area contributed by atoms with E-state index in [4.69, 9.17) is 15.2 Å². The summed E-state index contributed by atoms with van der Waals surface area (Å²) >= 11 is 0. The fourth-order valence-corrected chi connectivity index (χ4v) is 2.05. The molecule has 3 N–H and O–H groups in total. The van der Waals surface area contributed by atoms with Crippen molar-refractivity contribution in [2.45, 2.75) is 20.3 Å². The number of ether oxygens (including phenoxy) is 2. The molecule has 0 heterocycles. The van der Waals surface area contributed by atoms with E-state index in [1.165, 1.54) is 5.56 Å². The van der Waals surface area contributed by atoms with E-state index in [9.17, 15) is 4.79 Å². The van der Waals surface area contributed by atoms with Gasteiger partial charge in [0.2, 0.25) is 5.91 Å². The van der Waals surface area contributed by atoms with Crippen LogP contribution < -0.4 is 20.5 Å². The Morgan fingerprint density at radius 1 is 1.09 bits per heavy atom. The van der Waals surface area contributed by atoms with Crippen LogP contribution in [0, 0.1) is 13.8 Å². The van der Waals surface area contributed by atoms with Crippen molar-refractivity contribution < 1.29 is 14.3 Å². The van der Waals surface area contributed by atoms with Gasteiger partial charge in [0, 0.05) is 6.07 Å². The molecule has 0 saturated carbocycles. The molecule has 0 aliphatic rings. The first kappa shape index (κ1) is 16.7. The summed E-state index contributed by atoms with van der Waals surface area (Å²) in [4.78, 5) is 12.0. The Labute approximate surface area is 136 Å². The fraction of sp³-hybridized carbons (Fsp3) is 0.278. The van der Waals surface area contributed by atoms with Gasteiger partial charge >= 0.3 is 0 Å². The molecule has 0 unspecified atom stereocenters. The molecule has 2 rings (SSSR count). The molecule has 5 heteroatoms. The lowest BCUT2D eigenvalue weighted by Gasteiger charge is -2.11. The van der Waals surface area contributed by atoms with Gasteiger partial charge in [0.1, 0.15) is 11.5 Å². The molecule has 1 amide bonds. The third-order valence-electron chi connectivity index (χ3n) is 3.61. The summed E-state index contributed by atoms with van der Waals surface area (Å²) in [5, 5.41) is 2.77. The normalized spacial score (nSPS) is 10.2. The van der Waals surface area contributed by atoms with Gasteiger partial charge in [-0.25, -0.2) is 0 Å². The summed E-state index contributed by atoms with van der Waals surface area (Å²) in [5.74, 6) is 1.25. The highest BCUT2D eigenvalue weighted by molar-refractivity contribution is 5.94. The van der Waals surface area contributed by atoms with Gasteiger partial charge in [0.25, 0.3) is 0 Å². The molecule has 0 bridgehead atoms. The van der Waals surface area contributed by atoms with Crippen molar-refractivity contribution in [3.8, 4) is 11.5 Å². The molecule has 0 aliphatic carbocycles. The SMILES string of the molecule is COc1ccc(N)c(NC(=O)CCOc2ccc(C)c(C)c2)c1. The Bertz CT molecular complexity index is 699. The maximum absolute atomic E-state index is 12.0. The third-order valence-corrected chi connectivity index (χ3v) is 3.61. The number of carbonyl (C=O) groups is 1. The number of hydrogen-bond donors (Lipinski definition) is 2. The van der Waals surface area contributed by atoms with Gasteiger partial charge in [-0.1, -0.05) is 6.07 Å². The molecule has 5 nitrogen and oxygen atoms in total. The average Bonchev–Trinajstić information content (AvgIpc) is 2.53. The van der Waals surface area contributed by atoms with Crippen LogP contribution in [0.5, 0.6) is 11.5 Å². The summed E-state index contributed by atoms with van der Waals surface area (Å²) in [6, 6.07) is 11.0. The van der Waals surface area contributed by atoms with Crippen LogP contribution in [-0.2, 0) is 4.79 Å². The predicted molar refractivity (Wildman–Crippen MR) is 92.1 cm³/mol. The minimum Gasteiger partial charge on any atom is -0.497 e. The topological polar surface area (TPSA) is 73.6 Å². The molecule has 0 atom stereocenters. The van der Waals surface area contributed by atoms with Crippen molar-refractivity contribution >= 4 is 17.3 Å². The Kier molecular flexibility index (Phi) is 5.46. The van der Waals surface area contributed by atoms with Crippen molar-refractivity contribution in [3.05, 3.63) is 47.5 Å². The zero-order valence-electron chi connectivity index (χ0n) is 13.7. The van der Waals surface area contributed by atoms with Gasteiger partial charge in [-0.2, -0.15) is 0 Å². The first-order chi connectivity index (χ1) is 11.0. The second kappa shape index (κ2) is 7.54. The number of rotatable bonds is 6. The van der Waals surface area contributed by atoms with Crippen LogP contribution in [0.2, 0.25) is 0 Å². The Hall–Kier alpha value is -2.69. The van der Waals surface area contributed by atoms with Gasteiger partial charge in [0.15, 0.2) is 0 Å². The highest BCUT2D eigenvalue weighted by Crippen LogP contribution is 2.24. The second-order valence-corrected chi connectivity index (χ2v) is 5.35. The van der Waals surface area contributed by atoms with E-state index >= 15 is 0 Å². The molecule has 0 aromatic heterocycles. The Morgan fingerprint density at radius 3 is 2.52 bits per heavy atom. The van der Waals surface area contributed by atoms with Crippen LogP contribution in [0.25, 0.3) is 0 Å². The summed E-state index contributed by atoms with van der Waals surface area (Å²) in [6.07, 6.45) is 0.240. The zero-order valence-corrected chi connectivity index (χ0v) is 13.7. The van der Waals surface area contributed by atoms with Gasteiger partial charge in [-0.15, -0.1) is 0 Å². The molecule has 122 valence electrons. The minimum atomic E-state index is -0.159. The lowest BCUT2D eigenvalue weighted by molar-refractivity contribution is -0.116. The van der Waals surface area contributed by atoms with Crippen molar-refractivity contribution in [2.24, 2.45) is 0 Å². The Morgan fingerprint density at radius 2 is 1.83 bits per heavy atom. The van der Waals surface area contributed by atoms with Crippen LogP contribution in [0.15, 0.2) is 36.4 Å². The van der Waals surface area contributed by atoms with Crippen LogP contribution in [0.1, 0.15) is 17.5 Å². The predicted octanol–water partition coefficient (Wildman–Crippen LogP) is 3.30. The van der Waals surface area contributed by atoms with Gasteiger partial charge < -0.3 is 20.5 Å². The molecule has 0 aliphatic heterocycles. The van der Waals surface area contributed by atoms with E-state index in [2.05, 4.69) is 5.32 Å². The van der Waals surface area contributed by atoms with E-state index in [1.54, 1.807) is 25.3 Å². The number of carbonyl (C=O) groups excluding carboxylic acids is 1. The number of nitrogens with one attached hydrogen (secondary N) is 1. The standard InChI is InChI=1S/C18H22N2O3/c1-12-4-5-15(10-13(12)2)23-9-8-18(21)20-17-11-14(22-3)6-7-16(17)19/h4-7,10-11H,8-9,19H2,1-3H3,(H,20,21). The lowest BCUT2D eigenvalue weighted by atomic mass is 10.1. The molecule has 0 saturated heterocycles. The molecule has 0 radical (unpaired) electrons. The van der Waals surface area contributed by atoms with Gasteiger partial charge in [-0.05, 0) is 49.2 Å². The lowest BCUT2D eigenvalue weighted by Crippen LogP contribution is -2.16. The van der Waals surface area contributed by atoms with Gasteiger partial charge in [0.05, 0.1) is 31.5 Å².